The first-order chi connectivity index (χ1) is 33.1. The molecule has 0 aromatic heterocycles. The average molecular weight is 989 g/mol. The van der Waals surface area contributed by atoms with Crippen molar-refractivity contribution < 1.29 is 62.7 Å². The number of anilines is 1. The van der Waals surface area contributed by atoms with E-state index in [0.29, 0.717) is 36.1 Å². The van der Waals surface area contributed by atoms with Crippen molar-refractivity contribution in [3.05, 3.63) is 89.0 Å². The lowest BCUT2D eigenvalue weighted by Crippen LogP contribution is -2.69. The van der Waals surface area contributed by atoms with Crippen LogP contribution in [0.4, 0.5) is 10.1 Å². The molecule has 0 bridgehead atoms. The summed E-state index contributed by atoms with van der Waals surface area (Å²) < 4.78 is 31.0. The highest BCUT2D eigenvalue weighted by Crippen LogP contribution is 2.72. The summed E-state index contributed by atoms with van der Waals surface area (Å²) in [5, 5.41) is 41.2. The van der Waals surface area contributed by atoms with Crippen LogP contribution < -0.4 is 21.3 Å². The van der Waals surface area contributed by atoms with Gasteiger partial charge >= 0.3 is 5.97 Å². The molecule has 70 heavy (non-hydrogen) atoms. The Hall–Kier alpha value is -5.27. The smallest absolute Gasteiger partial charge is 0.305 e. The van der Waals surface area contributed by atoms with Crippen LogP contribution in [0.15, 0.2) is 72.3 Å². The Morgan fingerprint density at radius 1 is 0.943 bits per heavy atom. The number of carboxylic acid groups (broad SMARTS) is 1. The molecule has 2 aromatic carbocycles. The highest BCUT2D eigenvalue weighted by Gasteiger charge is 2.79. The predicted molar refractivity (Wildman–Crippen MR) is 258 cm³/mol. The van der Waals surface area contributed by atoms with Crippen LogP contribution in [0.2, 0.25) is 0 Å². The number of amides is 4. The first-order valence-electron chi connectivity index (χ1n) is 24.1. The van der Waals surface area contributed by atoms with Gasteiger partial charge in [-0.05, 0) is 101 Å². The van der Waals surface area contributed by atoms with Crippen molar-refractivity contribution in [1.29, 1.82) is 0 Å². The van der Waals surface area contributed by atoms with Crippen molar-refractivity contribution >= 4 is 58.6 Å². The van der Waals surface area contributed by atoms with Gasteiger partial charge in [0.15, 0.2) is 29.1 Å². The van der Waals surface area contributed by atoms with Gasteiger partial charge in [0.05, 0.1) is 23.9 Å². The molecule has 7 rings (SSSR count). The number of Topliss-reactive ketones (excluding diaryl/α,β-unsaturated/α-hetero) is 1. The van der Waals surface area contributed by atoms with E-state index >= 15 is 4.39 Å². The number of thioether (sulfide) groups is 1. The SMILES string of the molecule is CCC(C)SC(CC(=O)O)C(=O)NCCC(=O)N[C@@H](C)C(=O)N[C@@H](C)C(=O)Nc1cccc(Cc2ccc([C@@H]3O[C@@H]4CC5[C@@H]6CCC7=CC(=O)C=C[C@]7(C)[C@@]6(F)[C@@H](O)C[C@]5(C)[C@]4(C(=O)CO)O3)cc2)c1. The van der Waals surface area contributed by atoms with Crippen LogP contribution >= 0.6 is 11.8 Å². The molecule has 0 radical (unpaired) electrons. The van der Waals surface area contributed by atoms with Gasteiger partial charge < -0.3 is 46.1 Å². The molecular formula is C52H65FN4O12S. The number of ether oxygens (including phenoxy) is 2. The van der Waals surface area contributed by atoms with Gasteiger partial charge in [0.1, 0.15) is 18.7 Å². The summed E-state index contributed by atoms with van der Waals surface area (Å²) in [5.74, 6) is -5.07. The van der Waals surface area contributed by atoms with Crippen LogP contribution in [-0.4, -0.2) is 116 Å². The monoisotopic (exact) mass is 988 g/mol. The number of rotatable bonds is 19. The van der Waals surface area contributed by atoms with Crippen LogP contribution in [0.25, 0.3) is 0 Å². The summed E-state index contributed by atoms with van der Waals surface area (Å²) in [4.78, 5) is 88.8. The molecule has 3 unspecified atom stereocenters. The molecule has 5 aliphatic rings. The maximum absolute atomic E-state index is 17.8. The first kappa shape index (κ1) is 52.6. The molecule has 0 spiro atoms. The van der Waals surface area contributed by atoms with Crippen molar-refractivity contribution in [3.63, 3.8) is 0 Å². The number of hydrogen-bond acceptors (Lipinski definition) is 12. The number of carbonyl (C=O) groups excluding carboxylic acids is 6. The Morgan fingerprint density at radius 3 is 2.34 bits per heavy atom. The average Bonchev–Trinajstić information content (AvgIpc) is 3.82. The van der Waals surface area contributed by atoms with Crippen LogP contribution in [0, 0.1) is 22.7 Å². The van der Waals surface area contributed by atoms with Crippen molar-refractivity contribution in [1.82, 2.24) is 16.0 Å². The summed E-state index contributed by atoms with van der Waals surface area (Å²) in [6.07, 6.45) is 2.92. The summed E-state index contributed by atoms with van der Waals surface area (Å²) in [6, 6.07) is 12.7. The molecule has 4 aliphatic carbocycles. The normalized spacial score (nSPS) is 31.3. The molecule has 16 nitrogen and oxygen atoms in total. The summed E-state index contributed by atoms with van der Waals surface area (Å²) in [7, 11) is 0. The molecule has 2 aromatic rings. The first-order valence-corrected chi connectivity index (χ1v) is 25.1. The van der Waals surface area contributed by atoms with E-state index in [1.807, 2.05) is 51.1 Å². The summed E-state index contributed by atoms with van der Waals surface area (Å²) >= 11 is 1.26. The van der Waals surface area contributed by atoms with Gasteiger partial charge in [-0.1, -0.05) is 68.8 Å². The van der Waals surface area contributed by atoms with Crippen molar-refractivity contribution in [3.8, 4) is 0 Å². The quantitative estimate of drug-likeness (QED) is 0.100. The maximum Gasteiger partial charge on any atom is 0.305 e. The van der Waals surface area contributed by atoms with Gasteiger partial charge in [-0.15, -0.1) is 11.8 Å². The van der Waals surface area contributed by atoms with E-state index in [-0.39, 0.29) is 43.3 Å². The molecule has 3 saturated carbocycles. The Morgan fingerprint density at radius 2 is 1.66 bits per heavy atom. The second kappa shape index (κ2) is 20.8. The fourth-order valence-corrected chi connectivity index (χ4v) is 12.9. The van der Waals surface area contributed by atoms with E-state index in [1.54, 1.807) is 31.2 Å². The molecule has 378 valence electrons. The predicted octanol–water partition coefficient (Wildman–Crippen LogP) is 4.80. The number of benzene rings is 2. The Bertz CT molecular complexity index is 2450. The number of carboxylic acids is 1. The molecule has 4 amide bonds. The molecule has 1 saturated heterocycles. The van der Waals surface area contributed by atoms with Gasteiger partial charge in [-0.3, -0.25) is 33.6 Å². The van der Waals surface area contributed by atoms with Crippen molar-refractivity contribution in [2.45, 2.75) is 145 Å². The molecule has 13 atom stereocenters. The maximum atomic E-state index is 17.8. The van der Waals surface area contributed by atoms with E-state index < -0.39 is 112 Å². The number of allylic oxidation sites excluding steroid dienone is 4. The van der Waals surface area contributed by atoms with Gasteiger partial charge in [-0.2, -0.15) is 0 Å². The van der Waals surface area contributed by atoms with Gasteiger partial charge in [-0.25, -0.2) is 4.39 Å². The minimum atomic E-state index is -2.10. The van der Waals surface area contributed by atoms with E-state index in [1.165, 1.54) is 37.8 Å². The number of fused-ring (bicyclic) bond motifs is 7. The van der Waals surface area contributed by atoms with Crippen LogP contribution in [-0.2, 0) is 49.5 Å². The summed E-state index contributed by atoms with van der Waals surface area (Å²) in [6.45, 7) is 9.52. The Labute approximate surface area is 411 Å². The molecule has 4 fully saturated rings. The third-order valence-corrected chi connectivity index (χ3v) is 17.1. The van der Waals surface area contributed by atoms with E-state index in [4.69, 9.17) is 9.47 Å². The molecule has 1 aliphatic heterocycles. The largest absolute Gasteiger partial charge is 0.481 e. The number of nitrogens with one attached hydrogen (secondary N) is 4. The number of aliphatic hydroxyl groups excluding tert-OH is 2. The van der Waals surface area contributed by atoms with Gasteiger partial charge in [0.25, 0.3) is 0 Å². The van der Waals surface area contributed by atoms with Gasteiger partial charge in [0.2, 0.25) is 23.6 Å². The summed E-state index contributed by atoms with van der Waals surface area (Å²) in [5.41, 5.74) is -2.47. The number of halogens is 1. The number of alkyl halides is 1. The van der Waals surface area contributed by atoms with Crippen LogP contribution in [0.3, 0.4) is 0 Å². The molecule has 1 heterocycles. The topological polar surface area (TPSA) is 247 Å². The number of hydrogen-bond donors (Lipinski definition) is 7. The third kappa shape index (κ3) is 9.86. The molecular weight excluding hydrogens is 924 g/mol. The van der Waals surface area contributed by atoms with E-state index in [9.17, 15) is 48.9 Å². The highest BCUT2D eigenvalue weighted by atomic mass is 32.2. The number of carbonyl (C=O) groups is 7. The second-order valence-electron chi connectivity index (χ2n) is 20.0. The second-order valence-corrected chi connectivity index (χ2v) is 21.6. The fraction of sp³-hybridized carbons (Fsp3) is 0.558. The van der Waals surface area contributed by atoms with Gasteiger partial charge in [0, 0.05) is 46.2 Å². The fourth-order valence-electron chi connectivity index (χ4n) is 11.7. The zero-order chi connectivity index (χ0) is 50.9. The standard InChI is InChI=1S/C52H65FN4O12S/c1-7-28(2)70-39(25-44(63)64)47(67)54-20-18-43(62)55-29(3)45(65)56-30(4)46(66)57-35-10-8-9-32(22-35)21-31-11-13-33(14-12-31)48-68-42-24-38-37-16-15-34-23-36(59)17-19-49(34,5)51(37,53)40(60)26-50(38,6)52(42,69-48)41(61)27-58/h8-14,17,19,22-23,28-30,37-40,42,48,58,60H,7,15-16,18,20-21,24-27H2,1-6H3,(H,54,67)(H,55,62)(H,56,65)(H,57,66)(H,63,64)/t28?,29-,30-,37-,38?,39?,40-,42+,48+,49-,50-,51-,52+/m0/s1. The minimum absolute atomic E-state index is 0.0525. The van der Waals surface area contributed by atoms with E-state index in [0.717, 1.165) is 17.5 Å². The lowest BCUT2D eigenvalue weighted by molar-refractivity contribution is -0.231. The van der Waals surface area contributed by atoms with Crippen LogP contribution in [0.1, 0.15) is 109 Å². The lowest BCUT2D eigenvalue weighted by atomic mass is 9.44. The van der Waals surface area contributed by atoms with Crippen LogP contribution in [0.5, 0.6) is 0 Å². The highest BCUT2D eigenvalue weighted by molar-refractivity contribution is 8.01. The number of aliphatic hydroxyl groups is 2. The van der Waals surface area contributed by atoms with Crippen molar-refractivity contribution in [2.75, 3.05) is 18.5 Å². The zero-order valence-corrected chi connectivity index (χ0v) is 41.2. The Kier molecular flexibility index (Phi) is 15.6. The number of ketones is 2. The lowest BCUT2D eigenvalue weighted by Gasteiger charge is -2.62. The third-order valence-electron chi connectivity index (χ3n) is 15.6. The molecule has 7 N–H and O–H groups in total. The number of aliphatic carboxylic acids is 1. The Balaban J connectivity index is 0.916. The minimum Gasteiger partial charge on any atom is -0.481 e. The van der Waals surface area contributed by atoms with Crippen molar-refractivity contribution in [2.24, 2.45) is 22.7 Å². The van der Waals surface area contributed by atoms with E-state index in [2.05, 4.69) is 21.3 Å². The zero-order valence-electron chi connectivity index (χ0n) is 40.4. The molecule has 18 heteroatoms.